The van der Waals surface area contributed by atoms with E-state index in [4.69, 9.17) is 0 Å². The summed E-state index contributed by atoms with van der Waals surface area (Å²) < 4.78 is 26.7. The molecular weight excluding hydrogens is 378 g/mol. The number of hydrogen-bond donors (Lipinski definition) is 3. The van der Waals surface area contributed by atoms with Gasteiger partial charge >= 0.3 is 0 Å². The molecule has 0 heterocycles. The molecule has 2 rings (SSSR count). The lowest BCUT2D eigenvalue weighted by molar-refractivity contribution is -0.122. The molecule has 28 heavy (non-hydrogen) atoms. The summed E-state index contributed by atoms with van der Waals surface area (Å²) in [7, 11) is -3.74. The van der Waals surface area contributed by atoms with E-state index >= 15 is 0 Å². The second-order valence-corrected chi connectivity index (χ2v) is 7.83. The molecule has 1 atom stereocenters. The van der Waals surface area contributed by atoms with Crippen LogP contribution in [-0.2, 0) is 21.4 Å². The molecule has 8 heteroatoms. The molecular formula is C20H23N3O4S. The normalized spacial score (nSPS) is 12.0. The van der Waals surface area contributed by atoms with Gasteiger partial charge in [0.05, 0.1) is 4.90 Å². The summed E-state index contributed by atoms with van der Waals surface area (Å²) in [4.78, 5) is 24.6. The molecule has 2 aromatic carbocycles. The number of sulfonamides is 1. The second-order valence-electron chi connectivity index (χ2n) is 6.07. The number of rotatable bonds is 9. The Kier molecular flexibility index (Phi) is 7.48. The van der Waals surface area contributed by atoms with Gasteiger partial charge in [-0.1, -0.05) is 42.5 Å². The Morgan fingerprint density at radius 1 is 1.11 bits per heavy atom. The van der Waals surface area contributed by atoms with E-state index in [9.17, 15) is 18.0 Å². The van der Waals surface area contributed by atoms with Gasteiger partial charge in [0.25, 0.3) is 5.91 Å². The van der Waals surface area contributed by atoms with E-state index in [1.165, 1.54) is 30.3 Å². The Balaban J connectivity index is 1.99. The first-order valence-electron chi connectivity index (χ1n) is 8.66. The Labute approximate surface area is 164 Å². The van der Waals surface area contributed by atoms with Gasteiger partial charge in [-0.25, -0.2) is 13.1 Å². The third-order valence-electron chi connectivity index (χ3n) is 3.87. The van der Waals surface area contributed by atoms with E-state index in [1.807, 2.05) is 30.3 Å². The Hall–Kier alpha value is -2.97. The maximum absolute atomic E-state index is 12.4. The minimum absolute atomic E-state index is 0.0387. The summed E-state index contributed by atoms with van der Waals surface area (Å²) in [6.45, 7) is 5.45. The van der Waals surface area contributed by atoms with Crippen molar-refractivity contribution in [2.24, 2.45) is 0 Å². The van der Waals surface area contributed by atoms with Gasteiger partial charge in [0.1, 0.15) is 6.04 Å². The highest BCUT2D eigenvalue weighted by atomic mass is 32.2. The molecule has 0 saturated carbocycles. The van der Waals surface area contributed by atoms with Crippen LogP contribution in [0.2, 0.25) is 0 Å². The molecule has 1 unspecified atom stereocenters. The van der Waals surface area contributed by atoms with Crippen molar-refractivity contribution in [2.45, 2.75) is 24.4 Å². The fourth-order valence-electron chi connectivity index (χ4n) is 2.34. The number of hydrogen-bond acceptors (Lipinski definition) is 4. The first-order chi connectivity index (χ1) is 13.3. The first kappa shape index (κ1) is 21.3. The fourth-order valence-corrected chi connectivity index (χ4v) is 3.38. The van der Waals surface area contributed by atoms with Crippen molar-refractivity contribution in [3.05, 3.63) is 78.4 Å². The topological polar surface area (TPSA) is 104 Å². The molecule has 0 bridgehead atoms. The molecule has 0 aromatic heterocycles. The first-order valence-corrected chi connectivity index (χ1v) is 10.1. The number of benzene rings is 2. The highest BCUT2D eigenvalue weighted by Gasteiger charge is 2.19. The van der Waals surface area contributed by atoms with Gasteiger partial charge in [0.15, 0.2) is 0 Å². The van der Waals surface area contributed by atoms with Gasteiger partial charge in [-0.05, 0) is 30.7 Å². The molecule has 3 N–H and O–H groups in total. The maximum atomic E-state index is 12.4. The quantitative estimate of drug-likeness (QED) is 0.555. The molecule has 0 radical (unpaired) electrons. The van der Waals surface area contributed by atoms with E-state index in [2.05, 4.69) is 21.9 Å². The van der Waals surface area contributed by atoms with Crippen molar-refractivity contribution in [2.75, 3.05) is 6.54 Å². The number of nitrogens with one attached hydrogen (secondary N) is 3. The average Bonchev–Trinajstić information content (AvgIpc) is 2.71. The van der Waals surface area contributed by atoms with Crippen molar-refractivity contribution in [1.29, 1.82) is 0 Å². The van der Waals surface area contributed by atoms with Crippen LogP contribution < -0.4 is 15.4 Å². The zero-order valence-electron chi connectivity index (χ0n) is 15.5. The molecule has 148 valence electrons. The van der Waals surface area contributed by atoms with Gasteiger partial charge in [-0.3, -0.25) is 9.59 Å². The minimum Gasteiger partial charge on any atom is -0.350 e. The van der Waals surface area contributed by atoms with E-state index in [0.717, 1.165) is 5.56 Å². The van der Waals surface area contributed by atoms with Gasteiger partial charge in [0.2, 0.25) is 15.9 Å². The van der Waals surface area contributed by atoms with Crippen LogP contribution in [0.5, 0.6) is 0 Å². The molecule has 0 aliphatic rings. The van der Waals surface area contributed by atoms with Crippen LogP contribution in [0.15, 0.2) is 72.1 Å². The van der Waals surface area contributed by atoms with Gasteiger partial charge in [-0.15, -0.1) is 6.58 Å². The molecule has 2 aromatic rings. The summed E-state index contributed by atoms with van der Waals surface area (Å²) in [6.07, 6.45) is 1.42. The highest BCUT2D eigenvalue weighted by molar-refractivity contribution is 7.89. The lowest BCUT2D eigenvalue weighted by Gasteiger charge is -2.15. The molecule has 0 saturated heterocycles. The van der Waals surface area contributed by atoms with E-state index in [-0.39, 0.29) is 22.9 Å². The Morgan fingerprint density at radius 3 is 2.50 bits per heavy atom. The van der Waals surface area contributed by atoms with Crippen molar-refractivity contribution in [1.82, 2.24) is 15.4 Å². The summed E-state index contributed by atoms with van der Waals surface area (Å²) in [5, 5.41) is 5.32. The van der Waals surface area contributed by atoms with Crippen molar-refractivity contribution < 1.29 is 18.0 Å². The third-order valence-corrected chi connectivity index (χ3v) is 5.30. The molecule has 0 spiro atoms. The standard InChI is InChI=1S/C20H23N3O4S/c1-3-12-22-28(26,27)18-11-7-10-17(13-18)20(25)23-15(2)19(24)21-14-16-8-5-4-6-9-16/h3-11,13,15,22H,1,12,14H2,2H3,(H,21,24)(H,23,25). The fraction of sp³-hybridized carbons (Fsp3) is 0.200. The van der Waals surface area contributed by atoms with E-state index < -0.39 is 22.0 Å². The second kappa shape index (κ2) is 9.82. The maximum Gasteiger partial charge on any atom is 0.251 e. The zero-order valence-corrected chi connectivity index (χ0v) is 16.3. The van der Waals surface area contributed by atoms with Crippen LogP contribution in [0.1, 0.15) is 22.8 Å². The number of amides is 2. The average molecular weight is 401 g/mol. The van der Waals surface area contributed by atoms with Crippen molar-refractivity contribution in [3.8, 4) is 0 Å². The summed E-state index contributed by atoms with van der Waals surface area (Å²) in [5.41, 5.74) is 1.09. The van der Waals surface area contributed by atoms with Gasteiger partial charge < -0.3 is 10.6 Å². The van der Waals surface area contributed by atoms with E-state index in [0.29, 0.717) is 6.54 Å². The van der Waals surface area contributed by atoms with Crippen molar-refractivity contribution >= 4 is 21.8 Å². The lowest BCUT2D eigenvalue weighted by Crippen LogP contribution is -2.44. The highest BCUT2D eigenvalue weighted by Crippen LogP contribution is 2.11. The molecule has 0 aliphatic carbocycles. The molecule has 0 fully saturated rings. The summed E-state index contributed by atoms with van der Waals surface area (Å²) in [6, 6.07) is 14.2. The molecule has 2 amide bonds. The number of carbonyl (C=O) groups is 2. The predicted octanol–water partition coefficient (Wildman–Crippen LogP) is 1.59. The molecule has 7 nitrogen and oxygen atoms in total. The zero-order chi connectivity index (χ0) is 20.6. The van der Waals surface area contributed by atoms with Crippen LogP contribution in [0.3, 0.4) is 0 Å². The summed E-state index contributed by atoms with van der Waals surface area (Å²) >= 11 is 0. The van der Waals surface area contributed by atoms with Gasteiger partial charge in [0, 0.05) is 18.7 Å². The van der Waals surface area contributed by atoms with Crippen molar-refractivity contribution in [3.63, 3.8) is 0 Å². The predicted molar refractivity (Wildman–Crippen MR) is 107 cm³/mol. The minimum atomic E-state index is -3.74. The lowest BCUT2D eigenvalue weighted by atomic mass is 10.2. The van der Waals surface area contributed by atoms with Crippen LogP contribution in [0, 0.1) is 0 Å². The summed E-state index contributed by atoms with van der Waals surface area (Å²) in [5.74, 6) is -0.878. The SMILES string of the molecule is C=CCNS(=O)(=O)c1cccc(C(=O)NC(C)C(=O)NCc2ccccc2)c1. The van der Waals surface area contributed by atoms with Crippen LogP contribution in [0.25, 0.3) is 0 Å². The largest absolute Gasteiger partial charge is 0.350 e. The third kappa shape index (κ3) is 6.04. The van der Waals surface area contributed by atoms with Crippen LogP contribution in [-0.4, -0.2) is 32.8 Å². The van der Waals surface area contributed by atoms with E-state index in [1.54, 1.807) is 6.92 Å². The van der Waals surface area contributed by atoms with Gasteiger partial charge in [-0.2, -0.15) is 0 Å². The molecule has 0 aliphatic heterocycles. The monoisotopic (exact) mass is 401 g/mol. The smallest absolute Gasteiger partial charge is 0.251 e. The number of carbonyl (C=O) groups excluding carboxylic acids is 2. The van der Waals surface area contributed by atoms with Crippen LogP contribution in [0.4, 0.5) is 0 Å². The Morgan fingerprint density at radius 2 is 1.82 bits per heavy atom. The van der Waals surface area contributed by atoms with Crippen LogP contribution >= 0.6 is 0 Å². The Bertz CT molecular complexity index is 943.